The van der Waals surface area contributed by atoms with E-state index in [9.17, 15) is 0 Å². The molecule has 0 aromatic carbocycles. The highest BCUT2D eigenvalue weighted by atomic mass is 16.6. The van der Waals surface area contributed by atoms with Gasteiger partial charge in [0.15, 0.2) is 0 Å². The molecule has 1 N–H and O–H groups in total. The second-order valence-corrected chi connectivity index (χ2v) is 6.54. The van der Waals surface area contributed by atoms with Crippen LogP contribution in [0, 0.1) is 11.3 Å². The fourth-order valence-corrected chi connectivity index (χ4v) is 3.17. The summed E-state index contributed by atoms with van der Waals surface area (Å²) in [5.41, 5.74) is 1.25. The molecule has 2 unspecified atom stereocenters. The summed E-state index contributed by atoms with van der Waals surface area (Å²) in [4.78, 5) is 4.36. The van der Waals surface area contributed by atoms with E-state index in [2.05, 4.69) is 38.0 Å². The highest BCUT2D eigenvalue weighted by Gasteiger charge is 2.33. The molecule has 2 rings (SSSR count). The van der Waals surface area contributed by atoms with E-state index in [1.54, 1.807) is 6.26 Å². The maximum absolute atomic E-state index is 5.92. The van der Waals surface area contributed by atoms with Crippen LogP contribution in [0.15, 0.2) is 10.7 Å². The van der Waals surface area contributed by atoms with Gasteiger partial charge in [0, 0.05) is 6.54 Å². The average Bonchev–Trinajstić information content (AvgIpc) is 2.71. The summed E-state index contributed by atoms with van der Waals surface area (Å²) in [5.74, 6) is 0.699. The molecule has 0 aliphatic heterocycles. The van der Waals surface area contributed by atoms with Gasteiger partial charge in [-0.25, -0.2) is 0 Å². The van der Waals surface area contributed by atoms with Crippen LogP contribution in [-0.2, 0) is 6.54 Å². The van der Waals surface area contributed by atoms with E-state index in [4.69, 9.17) is 9.15 Å². The van der Waals surface area contributed by atoms with Crippen molar-refractivity contribution < 1.29 is 9.15 Å². The van der Waals surface area contributed by atoms with E-state index >= 15 is 0 Å². The molecule has 0 saturated heterocycles. The molecule has 0 bridgehead atoms. The first kappa shape index (κ1) is 14.4. The molecule has 1 aliphatic rings. The van der Waals surface area contributed by atoms with Crippen LogP contribution in [-0.4, -0.2) is 17.6 Å². The molecule has 19 heavy (non-hydrogen) atoms. The zero-order valence-electron chi connectivity index (χ0n) is 12.5. The fourth-order valence-electron chi connectivity index (χ4n) is 3.17. The zero-order valence-corrected chi connectivity index (χ0v) is 12.5. The number of aromatic nitrogens is 1. The molecule has 0 spiro atoms. The van der Waals surface area contributed by atoms with Crippen molar-refractivity contribution in [1.82, 2.24) is 10.3 Å². The lowest BCUT2D eigenvalue weighted by Gasteiger charge is -2.38. The number of hydrogen-bond donors (Lipinski definition) is 1. The minimum absolute atomic E-state index is 0.226. The molecule has 1 aromatic heterocycles. The van der Waals surface area contributed by atoms with E-state index < -0.39 is 0 Å². The molecule has 2 atom stereocenters. The molecule has 1 fully saturated rings. The van der Waals surface area contributed by atoms with Crippen molar-refractivity contribution in [2.75, 3.05) is 6.54 Å². The summed E-state index contributed by atoms with van der Waals surface area (Å²) >= 11 is 0. The predicted octanol–water partition coefficient (Wildman–Crippen LogP) is 3.38. The summed E-state index contributed by atoms with van der Waals surface area (Å²) in [7, 11) is 0. The van der Waals surface area contributed by atoms with Crippen LogP contribution in [0.5, 0.6) is 6.08 Å². The first-order chi connectivity index (χ1) is 8.98. The molecular formula is C15H26N2O2. The van der Waals surface area contributed by atoms with Crippen molar-refractivity contribution in [2.24, 2.45) is 11.3 Å². The van der Waals surface area contributed by atoms with Gasteiger partial charge in [0.05, 0.1) is 5.69 Å². The Labute approximate surface area is 115 Å². The maximum Gasteiger partial charge on any atom is 0.394 e. The number of oxazole rings is 1. The minimum Gasteiger partial charge on any atom is -0.447 e. The number of hydrogen-bond acceptors (Lipinski definition) is 4. The fraction of sp³-hybridized carbons (Fsp3) is 0.800. The van der Waals surface area contributed by atoms with Gasteiger partial charge in [0.1, 0.15) is 12.4 Å². The molecule has 4 nitrogen and oxygen atoms in total. The van der Waals surface area contributed by atoms with Crippen molar-refractivity contribution in [2.45, 2.75) is 59.6 Å². The van der Waals surface area contributed by atoms with Gasteiger partial charge in [-0.1, -0.05) is 27.7 Å². The standard InChI is InChI=1S/C15H26N2O2/c1-5-16-9-12-10-18-14(17-12)19-13-6-11(2)7-15(3,4)8-13/h10-11,13,16H,5-9H2,1-4H3. The van der Waals surface area contributed by atoms with Crippen LogP contribution < -0.4 is 10.1 Å². The van der Waals surface area contributed by atoms with Gasteiger partial charge in [-0.3, -0.25) is 0 Å². The second-order valence-electron chi connectivity index (χ2n) is 6.54. The second kappa shape index (κ2) is 5.95. The van der Waals surface area contributed by atoms with E-state index in [0.29, 0.717) is 17.4 Å². The van der Waals surface area contributed by atoms with Crippen LogP contribution in [0.3, 0.4) is 0 Å². The Morgan fingerprint density at radius 1 is 1.47 bits per heavy atom. The Kier molecular flexibility index (Phi) is 4.50. The SMILES string of the molecule is CCNCc1coc(OC2CC(C)CC(C)(C)C2)n1. The Hall–Kier alpha value is -1.03. The average molecular weight is 266 g/mol. The summed E-state index contributed by atoms with van der Waals surface area (Å²) in [6, 6.07) is 0. The number of ether oxygens (including phenoxy) is 1. The largest absolute Gasteiger partial charge is 0.447 e. The maximum atomic E-state index is 5.92. The third-order valence-electron chi connectivity index (χ3n) is 3.70. The zero-order chi connectivity index (χ0) is 13.9. The lowest BCUT2D eigenvalue weighted by molar-refractivity contribution is 0.0365. The van der Waals surface area contributed by atoms with Gasteiger partial charge in [0.2, 0.25) is 0 Å². The molecule has 1 aliphatic carbocycles. The molecule has 108 valence electrons. The third-order valence-corrected chi connectivity index (χ3v) is 3.70. The van der Waals surface area contributed by atoms with E-state index in [1.165, 1.54) is 6.42 Å². The van der Waals surface area contributed by atoms with Crippen LogP contribution in [0.2, 0.25) is 0 Å². The highest BCUT2D eigenvalue weighted by Crippen LogP contribution is 2.39. The molecular weight excluding hydrogens is 240 g/mol. The topological polar surface area (TPSA) is 47.3 Å². The lowest BCUT2D eigenvalue weighted by Crippen LogP contribution is -2.34. The highest BCUT2D eigenvalue weighted by molar-refractivity contribution is 5.00. The Morgan fingerprint density at radius 2 is 2.26 bits per heavy atom. The minimum atomic E-state index is 0.226. The van der Waals surface area contributed by atoms with Gasteiger partial charge in [0.25, 0.3) is 0 Å². The van der Waals surface area contributed by atoms with Gasteiger partial charge in [-0.2, -0.15) is 4.98 Å². The van der Waals surface area contributed by atoms with E-state index in [-0.39, 0.29) is 6.10 Å². The Morgan fingerprint density at radius 3 is 2.95 bits per heavy atom. The monoisotopic (exact) mass is 266 g/mol. The van der Waals surface area contributed by atoms with Crippen LogP contribution in [0.25, 0.3) is 0 Å². The number of nitrogens with zero attached hydrogens (tertiary/aromatic N) is 1. The van der Waals surface area contributed by atoms with Gasteiger partial charge in [-0.15, -0.1) is 0 Å². The molecule has 1 saturated carbocycles. The first-order valence-electron chi connectivity index (χ1n) is 7.30. The summed E-state index contributed by atoms with van der Waals surface area (Å²) in [6.45, 7) is 10.6. The quantitative estimate of drug-likeness (QED) is 0.887. The smallest absolute Gasteiger partial charge is 0.394 e. The molecule has 0 amide bonds. The molecule has 0 radical (unpaired) electrons. The van der Waals surface area contributed by atoms with Gasteiger partial charge in [-0.05, 0) is 37.1 Å². The van der Waals surface area contributed by atoms with Crippen molar-refractivity contribution >= 4 is 0 Å². The van der Waals surface area contributed by atoms with Gasteiger partial charge >= 0.3 is 6.08 Å². The summed E-state index contributed by atoms with van der Waals surface area (Å²) in [5, 5.41) is 3.22. The predicted molar refractivity (Wildman–Crippen MR) is 75.1 cm³/mol. The first-order valence-corrected chi connectivity index (χ1v) is 7.30. The number of nitrogens with one attached hydrogen (secondary N) is 1. The van der Waals surface area contributed by atoms with Crippen LogP contribution in [0.1, 0.15) is 52.7 Å². The van der Waals surface area contributed by atoms with Crippen LogP contribution >= 0.6 is 0 Å². The van der Waals surface area contributed by atoms with Crippen LogP contribution in [0.4, 0.5) is 0 Å². The Balaban J connectivity index is 1.91. The Bertz CT molecular complexity index is 401. The summed E-state index contributed by atoms with van der Waals surface area (Å²) in [6.07, 6.45) is 5.75. The lowest BCUT2D eigenvalue weighted by atomic mass is 9.71. The van der Waals surface area contributed by atoms with Crippen molar-refractivity contribution in [1.29, 1.82) is 0 Å². The van der Waals surface area contributed by atoms with Crippen molar-refractivity contribution in [3.8, 4) is 6.08 Å². The summed E-state index contributed by atoms with van der Waals surface area (Å²) < 4.78 is 11.3. The van der Waals surface area contributed by atoms with Crippen molar-refractivity contribution in [3.05, 3.63) is 12.0 Å². The normalized spacial score (nSPS) is 26.3. The number of rotatable bonds is 5. The third kappa shape index (κ3) is 4.23. The molecule has 1 aromatic rings. The molecule has 1 heterocycles. The van der Waals surface area contributed by atoms with E-state index in [0.717, 1.165) is 31.6 Å². The van der Waals surface area contributed by atoms with Crippen molar-refractivity contribution in [3.63, 3.8) is 0 Å². The van der Waals surface area contributed by atoms with Gasteiger partial charge < -0.3 is 14.5 Å². The molecule has 4 heteroatoms. The van der Waals surface area contributed by atoms with E-state index in [1.807, 2.05) is 0 Å².